The maximum Gasteiger partial charge on any atom is 0.219 e. The first-order chi connectivity index (χ1) is 7.24. The molecular formula is C12H11NO2. The van der Waals surface area contributed by atoms with Gasteiger partial charge in [-0.1, -0.05) is 12.1 Å². The Bertz CT molecular complexity index is 451. The molecule has 1 heterocycles. The number of benzene rings is 1. The number of ether oxygens (including phenoxy) is 1. The lowest BCUT2D eigenvalue weighted by Gasteiger charge is -2.04. The minimum atomic E-state index is 0.131. The third kappa shape index (κ3) is 2.47. The SMILES string of the molecule is Cc1cccc(Oc2ccc(O)cn2)c1. The van der Waals surface area contributed by atoms with Crippen LogP contribution in [0.25, 0.3) is 0 Å². The third-order valence-electron chi connectivity index (χ3n) is 1.93. The van der Waals surface area contributed by atoms with Gasteiger partial charge in [0.2, 0.25) is 5.88 Å². The molecule has 0 unspecified atom stereocenters. The molecule has 0 aliphatic carbocycles. The molecule has 0 atom stereocenters. The van der Waals surface area contributed by atoms with Gasteiger partial charge in [0.1, 0.15) is 11.5 Å². The molecule has 0 saturated heterocycles. The van der Waals surface area contributed by atoms with Crippen molar-refractivity contribution in [2.24, 2.45) is 0 Å². The Morgan fingerprint density at radius 1 is 1.20 bits per heavy atom. The Morgan fingerprint density at radius 2 is 2.07 bits per heavy atom. The van der Waals surface area contributed by atoms with Crippen LogP contribution in [-0.4, -0.2) is 10.1 Å². The summed E-state index contributed by atoms with van der Waals surface area (Å²) in [6, 6.07) is 10.9. The fraction of sp³-hybridized carbons (Fsp3) is 0.0833. The maximum absolute atomic E-state index is 9.05. The number of pyridine rings is 1. The standard InChI is InChI=1S/C12H11NO2/c1-9-3-2-4-11(7-9)15-12-6-5-10(14)8-13-12/h2-8,14H,1H3. The minimum absolute atomic E-state index is 0.131. The number of hydrogen-bond donors (Lipinski definition) is 1. The van der Waals surface area contributed by atoms with Gasteiger partial charge in [-0.2, -0.15) is 0 Å². The van der Waals surface area contributed by atoms with Crippen molar-refractivity contribution >= 4 is 0 Å². The van der Waals surface area contributed by atoms with Crippen LogP contribution in [0, 0.1) is 6.92 Å². The van der Waals surface area contributed by atoms with Gasteiger partial charge in [-0.25, -0.2) is 4.98 Å². The zero-order chi connectivity index (χ0) is 10.7. The second-order valence-electron chi connectivity index (χ2n) is 3.27. The number of hydrogen-bond acceptors (Lipinski definition) is 3. The predicted molar refractivity (Wildman–Crippen MR) is 57.2 cm³/mol. The highest BCUT2D eigenvalue weighted by atomic mass is 16.5. The summed E-state index contributed by atoms with van der Waals surface area (Å²) < 4.78 is 5.49. The smallest absolute Gasteiger partial charge is 0.219 e. The first-order valence-corrected chi connectivity index (χ1v) is 4.63. The maximum atomic E-state index is 9.05. The van der Waals surface area contributed by atoms with E-state index >= 15 is 0 Å². The summed E-state index contributed by atoms with van der Waals surface area (Å²) in [5.41, 5.74) is 1.13. The monoisotopic (exact) mass is 201 g/mol. The van der Waals surface area contributed by atoms with Crippen LogP contribution < -0.4 is 4.74 Å². The van der Waals surface area contributed by atoms with Gasteiger partial charge in [0, 0.05) is 6.07 Å². The largest absolute Gasteiger partial charge is 0.506 e. The van der Waals surface area contributed by atoms with Crippen LogP contribution in [0.3, 0.4) is 0 Å². The first-order valence-electron chi connectivity index (χ1n) is 4.63. The first kappa shape index (κ1) is 9.52. The Morgan fingerprint density at radius 3 is 2.73 bits per heavy atom. The molecule has 2 aromatic rings. The number of nitrogens with zero attached hydrogens (tertiary/aromatic N) is 1. The molecule has 0 radical (unpaired) electrons. The molecule has 3 heteroatoms. The van der Waals surface area contributed by atoms with E-state index in [0.29, 0.717) is 5.88 Å². The fourth-order valence-corrected chi connectivity index (χ4v) is 1.23. The molecule has 0 aliphatic heterocycles. The van der Waals surface area contributed by atoms with Gasteiger partial charge in [-0.3, -0.25) is 0 Å². The van der Waals surface area contributed by atoms with Crippen molar-refractivity contribution in [3.8, 4) is 17.4 Å². The van der Waals surface area contributed by atoms with Crippen LogP contribution in [0.5, 0.6) is 17.4 Å². The molecule has 0 saturated carbocycles. The Labute approximate surface area is 88.0 Å². The summed E-state index contributed by atoms with van der Waals surface area (Å²) >= 11 is 0. The second-order valence-corrected chi connectivity index (χ2v) is 3.27. The average Bonchev–Trinajstić information content (AvgIpc) is 2.22. The normalized spacial score (nSPS) is 9.93. The van der Waals surface area contributed by atoms with Gasteiger partial charge in [-0.15, -0.1) is 0 Å². The van der Waals surface area contributed by atoms with Gasteiger partial charge in [0.15, 0.2) is 0 Å². The van der Waals surface area contributed by atoms with Crippen molar-refractivity contribution in [3.63, 3.8) is 0 Å². The topological polar surface area (TPSA) is 42.4 Å². The number of aromatic nitrogens is 1. The van der Waals surface area contributed by atoms with Gasteiger partial charge in [-0.05, 0) is 30.7 Å². The molecule has 0 aliphatic rings. The second kappa shape index (κ2) is 4.00. The Hall–Kier alpha value is -2.03. The molecule has 0 amide bonds. The van der Waals surface area contributed by atoms with Crippen molar-refractivity contribution in [1.82, 2.24) is 4.98 Å². The molecule has 3 nitrogen and oxygen atoms in total. The van der Waals surface area contributed by atoms with Crippen molar-refractivity contribution in [2.45, 2.75) is 6.92 Å². The van der Waals surface area contributed by atoms with E-state index in [9.17, 15) is 0 Å². The van der Waals surface area contributed by atoms with E-state index in [0.717, 1.165) is 11.3 Å². The van der Waals surface area contributed by atoms with Crippen molar-refractivity contribution in [2.75, 3.05) is 0 Å². The summed E-state index contributed by atoms with van der Waals surface area (Å²) in [7, 11) is 0. The van der Waals surface area contributed by atoms with Gasteiger partial charge in [0.05, 0.1) is 6.20 Å². The zero-order valence-electron chi connectivity index (χ0n) is 8.34. The van der Waals surface area contributed by atoms with Crippen LogP contribution >= 0.6 is 0 Å². The lowest BCUT2D eigenvalue weighted by molar-refractivity contribution is 0.447. The highest BCUT2D eigenvalue weighted by Crippen LogP contribution is 2.21. The molecule has 1 aromatic heterocycles. The van der Waals surface area contributed by atoms with Crippen molar-refractivity contribution in [3.05, 3.63) is 48.2 Å². The summed E-state index contributed by atoms with van der Waals surface area (Å²) in [6.07, 6.45) is 1.35. The van der Waals surface area contributed by atoms with E-state index in [1.165, 1.54) is 12.3 Å². The molecule has 76 valence electrons. The van der Waals surface area contributed by atoms with E-state index in [-0.39, 0.29) is 5.75 Å². The number of aryl methyl sites for hydroxylation is 1. The van der Waals surface area contributed by atoms with Crippen LogP contribution in [-0.2, 0) is 0 Å². The number of rotatable bonds is 2. The summed E-state index contributed by atoms with van der Waals surface area (Å²) in [6.45, 7) is 2.00. The Kier molecular flexibility index (Phi) is 2.54. The lowest BCUT2D eigenvalue weighted by Crippen LogP contribution is -1.87. The van der Waals surface area contributed by atoms with Gasteiger partial charge in [0.25, 0.3) is 0 Å². The van der Waals surface area contributed by atoms with Crippen LogP contribution in [0.1, 0.15) is 5.56 Å². The summed E-state index contributed by atoms with van der Waals surface area (Å²) in [4.78, 5) is 3.93. The van der Waals surface area contributed by atoms with Crippen LogP contribution in [0.4, 0.5) is 0 Å². The number of aromatic hydroxyl groups is 1. The van der Waals surface area contributed by atoms with Crippen LogP contribution in [0.15, 0.2) is 42.6 Å². The average molecular weight is 201 g/mol. The van der Waals surface area contributed by atoms with Gasteiger partial charge >= 0.3 is 0 Å². The summed E-state index contributed by atoms with van der Waals surface area (Å²) in [5, 5.41) is 9.05. The quantitative estimate of drug-likeness (QED) is 0.812. The molecule has 0 bridgehead atoms. The van der Waals surface area contributed by atoms with Crippen LogP contribution in [0.2, 0.25) is 0 Å². The third-order valence-corrected chi connectivity index (χ3v) is 1.93. The minimum Gasteiger partial charge on any atom is -0.506 e. The summed E-state index contributed by atoms with van der Waals surface area (Å²) in [5.74, 6) is 1.35. The van der Waals surface area contributed by atoms with Gasteiger partial charge < -0.3 is 9.84 Å². The molecule has 0 spiro atoms. The molecule has 0 fully saturated rings. The molecular weight excluding hydrogens is 190 g/mol. The molecule has 15 heavy (non-hydrogen) atoms. The van der Waals surface area contributed by atoms with Crippen molar-refractivity contribution in [1.29, 1.82) is 0 Å². The van der Waals surface area contributed by atoms with E-state index in [1.807, 2.05) is 31.2 Å². The lowest BCUT2D eigenvalue weighted by atomic mass is 10.2. The predicted octanol–water partition coefficient (Wildman–Crippen LogP) is 2.89. The van der Waals surface area contributed by atoms with E-state index in [2.05, 4.69) is 4.98 Å². The highest BCUT2D eigenvalue weighted by molar-refractivity contribution is 5.31. The molecule has 1 aromatic carbocycles. The Balaban J connectivity index is 2.18. The highest BCUT2D eigenvalue weighted by Gasteiger charge is 1.98. The van der Waals surface area contributed by atoms with E-state index in [4.69, 9.17) is 9.84 Å². The fourth-order valence-electron chi connectivity index (χ4n) is 1.23. The van der Waals surface area contributed by atoms with E-state index < -0.39 is 0 Å². The molecule has 2 rings (SSSR count). The molecule has 1 N–H and O–H groups in total. The zero-order valence-corrected chi connectivity index (χ0v) is 8.34. The van der Waals surface area contributed by atoms with E-state index in [1.54, 1.807) is 6.07 Å². The van der Waals surface area contributed by atoms with Crippen molar-refractivity contribution < 1.29 is 9.84 Å².